The number of urea groups is 1. The van der Waals surface area contributed by atoms with Gasteiger partial charge < -0.3 is 14.3 Å². The predicted molar refractivity (Wildman–Crippen MR) is 112 cm³/mol. The third-order valence-corrected chi connectivity index (χ3v) is 4.81. The Morgan fingerprint density at radius 3 is 2.72 bits per heavy atom. The van der Waals surface area contributed by atoms with Gasteiger partial charge in [-0.2, -0.15) is 13.2 Å². The molecular formula is C21H20F3N7O. The van der Waals surface area contributed by atoms with E-state index in [0.29, 0.717) is 35.6 Å². The van der Waals surface area contributed by atoms with E-state index >= 15 is 0 Å². The van der Waals surface area contributed by atoms with Crippen molar-refractivity contribution >= 4 is 17.5 Å². The van der Waals surface area contributed by atoms with Crippen LogP contribution in [-0.2, 0) is 19.1 Å². The molecule has 0 atom stereocenters. The summed E-state index contributed by atoms with van der Waals surface area (Å²) in [6, 6.07) is 3.94. The number of carbonyl (C=O) groups excluding carboxylic acids is 1. The number of pyridine rings is 2. The number of carbonyl (C=O) groups is 1. The number of halogens is 3. The second kappa shape index (κ2) is 8.69. The van der Waals surface area contributed by atoms with E-state index in [9.17, 15) is 18.0 Å². The van der Waals surface area contributed by atoms with E-state index in [0.717, 1.165) is 24.5 Å². The Morgan fingerprint density at radius 2 is 1.97 bits per heavy atom. The number of rotatable bonds is 6. The van der Waals surface area contributed by atoms with Gasteiger partial charge >= 0.3 is 12.2 Å². The Hall–Kier alpha value is -3.89. The summed E-state index contributed by atoms with van der Waals surface area (Å²) in [7, 11) is 0. The van der Waals surface area contributed by atoms with Crippen molar-refractivity contribution < 1.29 is 18.0 Å². The highest BCUT2D eigenvalue weighted by Gasteiger charge is 2.31. The van der Waals surface area contributed by atoms with Crippen molar-refractivity contribution in [3.63, 3.8) is 0 Å². The van der Waals surface area contributed by atoms with Crippen molar-refractivity contribution in [3.8, 4) is 11.1 Å². The molecule has 2 amide bonds. The Kier molecular flexibility index (Phi) is 5.80. The van der Waals surface area contributed by atoms with Crippen molar-refractivity contribution in [2.24, 2.45) is 0 Å². The molecule has 0 fully saturated rings. The summed E-state index contributed by atoms with van der Waals surface area (Å²) >= 11 is 0. The van der Waals surface area contributed by atoms with Crippen LogP contribution in [0.4, 0.5) is 23.8 Å². The summed E-state index contributed by atoms with van der Waals surface area (Å²) in [4.78, 5) is 24.4. The fourth-order valence-corrected chi connectivity index (χ4v) is 3.15. The van der Waals surface area contributed by atoms with Crippen LogP contribution in [0.2, 0.25) is 0 Å². The molecule has 4 aromatic rings. The molecule has 4 heterocycles. The third-order valence-electron chi connectivity index (χ3n) is 4.81. The second-order valence-corrected chi connectivity index (χ2v) is 7.10. The first-order valence-corrected chi connectivity index (χ1v) is 9.88. The highest BCUT2D eigenvalue weighted by molar-refractivity contribution is 5.88. The van der Waals surface area contributed by atoms with Crippen molar-refractivity contribution in [1.29, 1.82) is 0 Å². The maximum atomic E-state index is 13.0. The summed E-state index contributed by atoms with van der Waals surface area (Å²) in [6.07, 6.45) is 5.17. The van der Waals surface area contributed by atoms with Crippen LogP contribution in [0.25, 0.3) is 16.8 Å². The lowest BCUT2D eigenvalue weighted by Gasteiger charge is -2.08. The summed E-state index contributed by atoms with van der Waals surface area (Å²) in [6.45, 7) is 3.26. The van der Waals surface area contributed by atoms with Crippen LogP contribution < -0.4 is 10.6 Å². The number of nitrogens with one attached hydrogen (secondary N) is 2. The molecule has 0 spiro atoms. The topological polar surface area (TPSA) is 89.1 Å². The normalized spacial score (nSPS) is 11.6. The van der Waals surface area contributed by atoms with Crippen LogP contribution in [0.5, 0.6) is 0 Å². The standard InChI is InChI=1S/C21H20F3N7O/c1-2-30-11-17(27-13-30)5-6-26-20(32)29-18-12-31-10-14(3-4-19(31)28-18)15-7-16(9-25-8-15)21(22,23)24/h3-4,7-13H,2,5-6H2,1H3,(H2,26,29,32). The average Bonchev–Trinajstić information content (AvgIpc) is 3.38. The van der Waals surface area contributed by atoms with E-state index < -0.39 is 17.8 Å². The van der Waals surface area contributed by atoms with Crippen molar-refractivity contribution in [2.75, 3.05) is 11.9 Å². The zero-order chi connectivity index (χ0) is 22.7. The Bertz CT molecular complexity index is 1250. The number of nitrogens with zero attached hydrogens (tertiary/aromatic N) is 5. The molecule has 4 rings (SSSR count). The van der Waals surface area contributed by atoms with Gasteiger partial charge in [-0.3, -0.25) is 10.3 Å². The minimum atomic E-state index is -4.47. The number of anilines is 1. The van der Waals surface area contributed by atoms with Gasteiger partial charge in [-0.05, 0) is 25.1 Å². The fourth-order valence-electron chi connectivity index (χ4n) is 3.15. The van der Waals surface area contributed by atoms with Crippen molar-refractivity contribution in [1.82, 2.24) is 29.2 Å². The molecule has 0 saturated carbocycles. The molecule has 0 aromatic carbocycles. The highest BCUT2D eigenvalue weighted by Crippen LogP contribution is 2.31. The van der Waals surface area contributed by atoms with Gasteiger partial charge in [0, 0.05) is 55.4 Å². The van der Waals surface area contributed by atoms with E-state index in [1.165, 1.54) is 6.20 Å². The van der Waals surface area contributed by atoms with Gasteiger partial charge in [0.15, 0.2) is 5.82 Å². The van der Waals surface area contributed by atoms with Crippen LogP contribution in [0.3, 0.4) is 0 Å². The van der Waals surface area contributed by atoms with E-state index in [2.05, 4.69) is 25.6 Å². The van der Waals surface area contributed by atoms with Gasteiger partial charge in [0.1, 0.15) is 5.65 Å². The first kappa shape index (κ1) is 21.3. The minimum absolute atomic E-state index is 0.317. The molecule has 0 bridgehead atoms. The molecule has 2 N–H and O–H groups in total. The molecule has 0 aliphatic heterocycles. The first-order chi connectivity index (χ1) is 15.3. The number of imidazole rings is 2. The summed E-state index contributed by atoms with van der Waals surface area (Å²) in [5.74, 6) is 0.317. The monoisotopic (exact) mass is 443 g/mol. The first-order valence-electron chi connectivity index (χ1n) is 9.88. The lowest BCUT2D eigenvalue weighted by molar-refractivity contribution is -0.137. The summed E-state index contributed by atoms with van der Waals surface area (Å²) in [5.41, 5.74) is 1.47. The number of fused-ring (bicyclic) bond motifs is 1. The molecule has 32 heavy (non-hydrogen) atoms. The Balaban J connectivity index is 1.41. The number of hydrogen-bond acceptors (Lipinski definition) is 4. The van der Waals surface area contributed by atoms with Crippen molar-refractivity contribution in [3.05, 3.63) is 66.8 Å². The number of aryl methyl sites for hydroxylation is 1. The van der Waals surface area contributed by atoms with Gasteiger partial charge in [0.05, 0.1) is 23.8 Å². The van der Waals surface area contributed by atoms with Crippen LogP contribution in [-0.4, -0.2) is 36.5 Å². The third kappa shape index (κ3) is 4.88. The Labute approximate surface area is 181 Å². The van der Waals surface area contributed by atoms with E-state index in [1.807, 2.05) is 17.7 Å². The molecular weight excluding hydrogens is 423 g/mol. The van der Waals surface area contributed by atoms with Crippen molar-refractivity contribution in [2.45, 2.75) is 26.1 Å². The predicted octanol–water partition coefficient (Wildman–Crippen LogP) is 4.00. The molecule has 0 aliphatic rings. The summed E-state index contributed by atoms with van der Waals surface area (Å²) < 4.78 is 42.5. The average molecular weight is 443 g/mol. The highest BCUT2D eigenvalue weighted by atomic mass is 19.4. The molecule has 8 nitrogen and oxygen atoms in total. The lowest BCUT2D eigenvalue weighted by atomic mass is 10.1. The molecule has 0 saturated heterocycles. The van der Waals surface area contributed by atoms with Crippen LogP contribution >= 0.6 is 0 Å². The van der Waals surface area contributed by atoms with E-state index in [4.69, 9.17) is 0 Å². The number of aromatic nitrogens is 5. The van der Waals surface area contributed by atoms with Gasteiger partial charge in [-0.25, -0.2) is 14.8 Å². The second-order valence-electron chi connectivity index (χ2n) is 7.10. The fraction of sp³-hybridized carbons (Fsp3) is 0.238. The maximum absolute atomic E-state index is 13.0. The SMILES string of the molecule is CCn1cnc(CCNC(=O)Nc2cn3cc(-c4cncc(C(F)(F)F)c4)ccc3n2)c1. The van der Waals surface area contributed by atoms with E-state index in [1.54, 1.807) is 35.3 Å². The number of amides is 2. The molecule has 0 aliphatic carbocycles. The van der Waals surface area contributed by atoms with Gasteiger partial charge in [0.25, 0.3) is 0 Å². The smallest absolute Gasteiger partial charge is 0.337 e. The van der Waals surface area contributed by atoms with Gasteiger partial charge in [-0.15, -0.1) is 0 Å². The molecule has 4 aromatic heterocycles. The lowest BCUT2D eigenvalue weighted by Crippen LogP contribution is -2.30. The number of hydrogen-bond donors (Lipinski definition) is 2. The van der Waals surface area contributed by atoms with E-state index in [-0.39, 0.29) is 0 Å². The molecule has 166 valence electrons. The van der Waals surface area contributed by atoms with Crippen LogP contribution in [0.15, 0.2) is 55.5 Å². The summed E-state index contributed by atoms with van der Waals surface area (Å²) in [5, 5.41) is 5.40. The minimum Gasteiger partial charge on any atom is -0.337 e. The zero-order valence-corrected chi connectivity index (χ0v) is 17.1. The maximum Gasteiger partial charge on any atom is 0.417 e. The van der Waals surface area contributed by atoms with Crippen LogP contribution in [0.1, 0.15) is 18.2 Å². The molecule has 11 heteroatoms. The largest absolute Gasteiger partial charge is 0.417 e. The number of alkyl halides is 3. The van der Waals surface area contributed by atoms with Gasteiger partial charge in [-0.1, -0.05) is 0 Å². The quantitative estimate of drug-likeness (QED) is 0.472. The molecule has 0 radical (unpaired) electrons. The zero-order valence-electron chi connectivity index (χ0n) is 17.1. The molecule has 0 unspecified atom stereocenters. The van der Waals surface area contributed by atoms with Gasteiger partial charge in [0.2, 0.25) is 0 Å². The van der Waals surface area contributed by atoms with Crippen LogP contribution in [0, 0.1) is 0 Å². The Morgan fingerprint density at radius 1 is 1.12 bits per heavy atom.